The maximum absolute atomic E-state index is 14.0. The molecule has 44 heavy (non-hydrogen) atoms. The number of carbonyl (C=O) groups is 2. The van der Waals surface area contributed by atoms with Crippen LogP contribution < -0.4 is 9.47 Å². The molecule has 3 aromatic rings. The van der Waals surface area contributed by atoms with Gasteiger partial charge in [-0.15, -0.1) is 0 Å². The van der Waals surface area contributed by atoms with Gasteiger partial charge in [0.15, 0.2) is 11.5 Å². The van der Waals surface area contributed by atoms with Crippen LogP contribution in [0.1, 0.15) is 65.6 Å². The van der Waals surface area contributed by atoms with E-state index < -0.39 is 0 Å². The smallest absolute Gasteiger partial charge is 0.254 e. The van der Waals surface area contributed by atoms with E-state index in [1.807, 2.05) is 61.5 Å². The quantitative estimate of drug-likeness (QED) is 0.214. The molecule has 2 aliphatic heterocycles. The summed E-state index contributed by atoms with van der Waals surface area (Å²) >= 11 is 0. The number of rotatable bonds is 15. The maximum Gasteiger partial charge on any atom is 0.254 e. The van der Waals surface area contributed by atoms with Crippen LogP contribution in [0.4, 0.5) is 0 Å². The lowest BCUT2D eigenvalue weighted by Gasteiger charge is -2.31. The number of hydrogen-bond donors (Lipinski definition) is 0. The zero-order chi connectivity index (χ0) is 30.7. The van der Waals surface area contributed by atoms with Gasteiger partial charge in [-0.25, -0.2) is 0 Å². The molecule has 0 bridgehead atoms. The molecule has 0 spiro atoms. The predicted octanol–water partition coefficient (Wildman–Crippen LogP) is 5.44. The summed E-state index contributed by atoms with van der Waals surface area (Å²) in [5, 5.41) is 0. The second-order valence-electron chi connectivity index (χ2n) is 11.6. The highest BCUT2D eigenvalue weighted by Gasteiger charge is 2.25. The van der Waals surface area contributed by atoms with Gasteiger partial charge in [0.25, 0.3) is 5.91 Å². The molecular formula is C35H45N3O6. The molecule has 9 nitrogen and oxygen atoms in total. The van der Waals surface area contributed by atoms with Crippen LogP contribution in [0.3, 0.4) is 0 Å². The summed E-state index contributed by atoms with van der Waals surface area (Å²) in [5.74, 6) is 2.55. The van der Waals surface area contributed by atoms with Gasteiger partial charge in [-0.3, -0.25) is 14.5 Å². The van der Waals surface area contributed by atoms with Crippen LogP contribution in [-0.2, 0) is 29.0 Å². The molecule has 0 unspecified atom stereocenters. The topological polar surface area (TPSA) is 84.7 Å². The van der Waals surface area contributed by atoms with E-state index in [-0.39, 0.29) is 25.2 Å². The monoisotopic (exact) mass is 603 g/mol. The second kappa shape index (κ2) is 15.8. The molecule has 1 aromatic heterocycles. The summed E-state index contributed by atoms with van der Waals surface area (Å²) in [5.41, 5.74) is 2.74. The summed E-state index contributed by atoms with van der Waals surface area (Å²) < 4.78 is 22.4. The predicted molar refractivity (Wildman–Crippen MR) is 168 cm³/mol. The number of amides is 2. The van der Waals surface area contributed by atoms with E-state index >= 15 is 0 Å². The Morgan fingerprint density at radius 1 is 0.841 bits per heavy atom. The second-order valence-corrected chi connectivity index (χ2v) is 11.6. The first-order valence-corrected chi connectivity index (χ1v) is 15.9. The first-order chi connectivity index (χ1) is 21.5. The summed E-state index contributed by atoms with van der Waals surface area (Å²) in [6, 6.07) is 17.4. The number of ether oxygens (including phenoxy) is 3. The highest BCUT2D eigenvalue weighted by atomic mass is 16.7. The van der Waals surface area contributed by atoms with Crippen molar-refractivity contribution < 1.29 is 28.2 Å². The van der Waals surface area contributed by atoms with Crippen molar-refractivity contribution in [3.63, 3.8) is 0 Å². The summed E-state index contributed by atoms with van der Waals surface area (Å²) in [6.45, 7) is 9.00. The molecule has 1 saturated heterocycles. The summed E-state index contributed by atoms with van der Waals surface area (Å²) in [4.78, 5) is 33.6. The molecule has 2 amide bonds. The number of benzene rings is 2. The standard InChI is InChI=1S/C35H45N3O6/c1-3-4-5-6-7-28-9-12-30(13-10-28)35(40)37(17-16-36-18-20-41-21-19-36)25-34(39)38(24-31-14-8-27(2)44-31)23-29-11-15-32-33(22-29)43-26-42-32/h8-15,22H,3-7,16-21,23-26H2,1-2H3. The van der Waals surface area contributed by atoms with Gasteiger partial charge in [0, 0.05) is 38.3 Å². The van der Waals surface area contributed by atoms with E-state index in [0.717, 1.165) is 37.3 Å². The first-order valence-electron chi connectivity index (χ1n) is 15.9. The van der Waals surface area contributed by atoms with Gasteiger partial charge in [-0.2, -0.15) is 0 Å². The number of nitrogens with zero attached hydrogens (tertiary/aromatic N) is 3. The van der Waals surface area contributed by atoms with Crippen LogP contribution >= 0.6 is 0 Å². The fraction of sp³-hybridized carbons (Fsp3) is 0.486. The van der Waals surface area contributed by atoms with Gasteiger partial charge < -0.3 is 28.4 Å². The molecule has 1 fully saturated rings. The number of furan rings is 1. The largest absolute Gasteiger partial charge is 0.464 e. The third kappa shape index (κ3) is 8.86. The van der Waals surface area contributed by atoms with Crippen molar-refractivity contribution in [2.45, 2.75) is 59.0 Å². The van der Waals surface area contributed by atoms with E-state index in [1.54, 1.807) is 9.80 Å². The minimum atomic E-state index is -0.153. The zero-order valence-electron chi connectivity index (χ0n) is 26.1. The average Bonchev–Trinajstić information content (AvgIpc) is 3.69. The zero-order valence-corrected chi connectivity index (χ0v) is 26.1. The normalized spacial score (nSPS) is 14.5. The Labute approximate surface area is 260 Å². The molecule has 0 radical (unpaired) electrons. The van der Waals surface area contributed by atoms with E-state index in [2.05, 4.69) is 11.8 Å². The molecule has 0 atom stereocenters. The first kappa shape index (κ1) is 31.6. The third-order valence-corrected chi connectivity index (χ3v) is 8.23. The van der Waals surface area contributed by atoms with Crippen LogP contribution in [0.2, 0.25) is 0 Å². The summed E-state index contributed by atoms with van der Waals surface area (Å²) in [7, 11) is 0. The highest BCUT2D eigenvalue weighted by molar-refractivity contribution is 5.96. The van der Waals surface area contributed by atoms with Gasteiger partial charge in [0.2, 0.25) is 12.7 Å². The average molecular weight is 604 g/mol. The minimum absolute atomic E-state index is 0.0355. The Morgan fingerprint density at radius 3 is 2.36 bits per heavy atom. The van der Waals surface area contributed by atoms with Crippen LogP contribution in [0, 0.1) is 6.92 Å². The SMILES string of the molecule is CCCCCCc1ccc(C(=O)N(CCN2CCOCC2)CC(=O)N(Cc2ccc3c(c2)OCO3)Cc2ccc(C)o2)cc1. The van der Waals surface area contributed by atoms with Crippen LogP contribution in [-0.4, -0.2) is 79.2 Å². The van der Waals surface area contributed by atoms with Crippen LogP contribution in [0.15, 0.2) is 59.0 Å². The van der Waals surface area contributed by atoms with Crippen molar-refractivity contribution in [2.24, 2.45) is 0 Å². The van der Waals surface area contributed by atoms with Crippen molar-refractivity contribution in [2.75, 3.05) is 52.7 Å². The number of aryl methyl sites for hydroxylation is 2. The number of unbranched alkanes of at least 4 members (excludes halogenated alkanes) is 3. The lowest BCUT2D eigenvalue weighted by Crippen LogP contribution is -2.47. The minimum Gasteiger partial charge on any atom is -0.464 e. The van der Waals surface area contributed by atoms with Crippen molar-refractivity contribution >= 4 is 11.8 Å². The molecule has 0 N–H and O–H groups in total. The summed E-state index contributed by atoms with van der Waals surface area (Å²) in [6.07, 6.45) is 5.83. The lowest BCUT2D eigenvalue weighted by atomic mass is 10.0. The fourth-order valence-corrected chi connectivity index (χ4v) is 5.61. The molecule has 5 rings (SSSR count). The van der Waals surface area contributed by atoms with Gasteiger partial charge in [0.1, 0.15) is 18.1 Å². The van der Waals surface area contributed by atoms with E-state index in [0.29, 0.717) is 62.2 Å². The van der Waals surface area contributed by atoms with Gasteiger partial charge >= 0.3 is 0 Å². The molecule has 3 heterocycles. The van der Waals surface area contributed by atoms with Crippen molar-refractivity contribution in [3.05, 3.63) is 82.8 Å². The van der Waals surface area contributed by atoms with Gasteiger partial charge in [-0.05, 0) is 67.3 Å². The number of carbonyl (C=O) groups excluding carboxylic acids is 2. The number of fused-ring (bicyclic) bond motifs is 1. The number of morpholine rings is 1. The van der Waals surface area contributed by atoms with Crippen molar-refractivity contribution in [3.8, 4) is 11.5 Å². The molecule has 236 valence electrons. The number of hydrogen-bond acceptors (Lipinski definition) is 7. The van der Waals surface area contributed by atoms with Crippen molar-refractivity contribution in [1.29, 1.82) is 0 Å². The molecule has 2 aromatic carbocycles. The van der Waals surface area contributed by atoms with Gasteiger partial charge in [0.05, 0.1) is 19.8 Å². The van der Waals surface area contributed by atoms with Gasteiger partial charge in [-0.1, -0.05) is 44.4 Å². The van der Waals surface area contributed by atoms with Crippen molar-refractivity contribution in [1.82, 2.24) is 14.7 Å². The molecule has 0 saturated carbocycles. The van der Waals surface area contributed by atoms with Crippen LogP contribution in [0.5, 0.6) is 11.5 Å². The Balaban J connectivity index is 1.31. The van der Waals surface area contributed by atoms with E-state index in [1.165, 1.54) is 24.8 Å². The Kier molecular flexibility index (Phi) is 11.3. The molecule has 2 aliphatic rings. The Hall–Kier alpha value is -3.82. The lowest BCUT2D eigenvalue weighted by molar-refractivity contribution is -0.133. The highest BCUT2D eigenvalue weighted by Crippen LogP contribution is 2.33. The third-order valence-electron chi connectivity index (χ3n) is 8.23. The molecule has 9 heteroatoms. The Morgan fingerprint density at radius 2 is 1.61 bits per heavy atom. The van der Waals surface area contributed by atoms with E-state index in [4.69, 9.17) is 18.6 Å². The molecular weight excluding hydrogens is 558 g/mol. The maximum atomic E-state index is 14.0. The molecule has 0 aliphatic carbocycles. The fourth-order valence-electron chi connectivity index (χ4n) is 5.61. The van der Waals surface area contributed by atoms with E-state index in [9.17, 15) is 9.59 Å². The Bertz CT molecular complexity index is 1370. The van der Waals surface area contributed by atoms with Crippen LogP contribution in [0.25, 0.3) is 0 Å².